The number of urea groups is 1. The molecule has 3 rings (SSSR count). The third-order valence-electron chi connectivity index (χ3n) is 4.90. The molecule has 1 aliphatic heterocycles. The molecule has 1 saturated heterocycles. The van der Waals surface area contributed by atoms with Crippen LogP contribution in [0.25, 0.3) is 0 Å². The maximum absolute atomic E-state index is 12.7. The highest BCUT2D eigenvalue weighted by molar-refractivity contribution is 5.83. The second kappa shape index (κ2) is 6.71. The van der Waals surface area contributed by atoms with E-state index < -0.39 is 0 Å². The van der Waals surface area contributed by atoms with Crippen LogP contribution in [-0.2, 0) is 4.79 Å². The van der Waals surface area contributed by atoms with Crippen molar-refractivity contribution in [3.8, 4) is 5.75 Å². The quantitative estimate of drug-likeness (QED) is 0.846. The summed E-state index contributed by atoms with van der Waals surface area (Å²) in [7, 11) is 5.16. The first kappa shape index (κ1) is 16.6. The monoisotopic (exact) mass is 331 g/mol. The number of rotatable bonds is 3. The highest BCUT2D eigenvalue weighted by Gasteiger charge is 2.46. The van der Waals surface area contributed by atoms with Crippen molar-refractivity contribution in [2.75, 3.05) is 47.4 Å². The van der Waals surface area contributed by atoms with Crippen LogP contribution in [0, 0.1) is 5.92 Å². The van der Waals surface area contributed by atoms with Crippen molar-refractivity contribution in [3.05, 3.63) is 29.8 Å². The fourth-order valence-corrected chi connectivity index (χ4v) is 3.32. The minimum absolute atomic E-state index is 0.0182. The van der Waals surface area contributed by atoms with E-state index in [1.807, 2.05) is 29.2 Å². The first-order chi connectivity index (χ1) is 11.5. The van der Waals surface area contributed by atoms with E-state index in [0.717, 1.165) is 12.2 Å². The number of hydrogen-bond acceptors (Lipinski definition) is 3. The number of amides is 3. The Balaban J connectivity index is 1.52. The van der Waals surface area contributed by atoms with Crippen LogP contribution >= 0.6 is 0 Å². The average Bonchev–Trinajstić information content (AvgIpc) is 3.41. The maximum Gasteiger partial charge on any atom is 0.319 e. The summed E-state index contributed by atoms with van der Waals surface area (Å²) >= 11 is 0. The summed E-state index contributed by atoms with van der Waals surface area (Å²) in [6.07, 6.45) is 0.919. The Morgan fingerprint density at radius 1 is 1.04 bits per heavy atom. The van der Waals surface area contributed by atoms with E-state index in [9.17, 15) is 9.59 Å². The topological polar surface area (TPSA) is 53.1 Å². The lowest BCUT2D eigenvalue weighted by atomic mass is 10.1. The van der Waals surface area contributed by atoms with Gasteiger partial charge in [-0.05, 0) is 30.0 Å². The summed E-state index contributed by atoms with van der Waals surface area (Å²) < 4.78 is 5.17. The summed E-state index contributed by atoms with van der Waals surface area (Å²) in [6, 6.07) is 8.00. The number of methoxy groups -OCH3 is 1. The Morgan fingerprint density at radius 2 is 1.62 bits per heavy atom. The fraction of sp³-hybridized carbons (Fsp3) is 0.556. The number of benzene rings is 1. The molecule has 0 spiro atoms. The van der Waals surface area contributed by atoms with Crippen LogP contribution in [0.5, 0.6) is 5.75 Å². The van der Waals surface area contributed by atoms with Gasteiger partial charge in [0.15, 0.2) is 0 Å². The van der Waals surface area contributed by atoms with Crippen LogP contribution in [0.1, 0.15) is 17.9 Å². The number of carbonyl (C=O) groups is 2. The molecule has 2 atom stereocenters. The Hall–Kier alpha value is -2.24. The molecule has 0 unspecified atom stereocenters. The van der Waals surface area contributed by atoms with Gasteiger partial charge in [-0.2, -0.15) is 0 Å². The van der Waals surface area contributed by atoms with Gasteiger partial charge < -0.3 is 19.4 Å². The zero-order valence-corrected chi connectivity index (χ0v) is 14.6. The second-order valence-corrected chi connectivity index (χ2v) is 6.71. The molecule has 1 aromatic rings. The summed E-state index contributed by atoms with van der Waals surface area (Å²) in [5, 5.41) is 0. The van der Waals surface area contributed by atoms with Crippen LogP contribution in [-0.4, -0.2) is 74.0 Å². The smallest absolute Gasteiger partial charge is 0.319 e. The van der Waals surface area contributed by atoms with Crippen LogP contribution in [0.3, 0.4) is 0 Å². The van der Waals surface area contributed by atoms with E-state index in [2.05, 4.69) is 0 Å². The zero-order chi connectivity index (χ0) is 17.3. The lowest BCUT2D eigenvalue weighted by Gasteiger charge is -2.36. The summed E-state index contributed by atoms with van der Waals surface area (Å²) in [6.45, 7) is 2.49. The lowest BCUT2D eigenvalue weighted by molar-refractivity contribution is -0.134. The van der Waals surface area contributed by atoms with Crippen molar-refractivity contribution in [1.82, 2.24) is 14.7 Å². The molecule has 1 heterocycles. The Morgan fingerprint density at radius 3 is 2.17 bits per heavy atom. The van der Waals surface area contributed by atoms with E-state index in [0.29, 0.717) is 32.1 Å². The van der Waals surface area contributed by atoms with E-state index in [1.165, 1.54) is 5.56 Å². The summed E-state index contributed by atoms with van der Waals surface area (Å²) in [5.74, 6) is 1.48. The van der Waals surface area contributed by atoms with Crippen LogP contribution in [0.15, 0.2) is 24.3 Å². The van der Waals surface area contributed by atoms with Crippen molar-refractivity contribution >= 4 is 11.9 Å². The molecule has 2 fully saturated rings. The predicted molar refractivity (Wildman–Crippen MR) is 91.1 cm³/mol. The molecule has 130 valence electrons. The first-order valence-corrected chi connectivity index (χ1v) is 8.40. The predicted octanol–water partition coefficient (Wildman–Crippen LogP) is 1.62. The molecule has 3 amide bonds. The molecule has 0 N–H and O–H groups in total. The Kier molecular flexibility index (Phi) is 4.64. The second-order valence-electron chi connectivity index (χ2n) is 6.71. The Labute approximate surface area is 143 Å². The third-order valence-corrected chi connectivity index (χ3v) is 4.90. The van der Waals surface area contributed by atoms with Crippen molar-refractivity contribution in [1.29, 1.82) is 0 Å². The molecular weight excluding hydrogens is 306 g/mol. The van der Waals surface area contributed by atoms with Crippen molar-refractivity contribution < 1.29 is 14.3 Å². The van der Waals surface area contributed by atoms with Gasteiger partial charge in [-0.3, -0.25) is 4.79 Å². The largest absolute Gasteiger partial charge is 0.497 e. The summed E-state index contributed by atoms with van der Waals surface area (Å²) in [4.78, 5) is 29.9. The van der Waals surface area contributed by atoms with Crippen LogP contribution < -0.4 is 4.74 Å². The number of piperazine rings is 1. The molecule has 1 aromatic carbocycles. The number of ether oxygens (including phenoxy) is 1. The SMILES string of the molecule is COc1ccc([C@@H]2C[C@H]2C(=O)N2CCN(C(=O)N(C)C)CC2)cc1. The van der Waals surface area contributed by atoms with Gasteiger partial charge >= 0.3 is 6.03 Å². The van der Waals surface area contributed by atoms with Gasteiger partial charge in [0.2, 0.25) is 5.91 Å². The fourth-order valence-electron chi connectivity index (χ4n) is 3.32. The standard InChI is InChI=1S/C18H25N3O3/c1-19(2)18(23)21-10-8-20(9-11-21)17(22)16-12-15(16)13-4-6-14(24-3)7-5-13/h4-7,15-16H,8-12H2,1-3H3/t15-,16+/m0/s1. The van der Waals surface area contributed by atoms with Gasteiger partial charge in [0.25, 0.3) is 0 Å². The molecule has 6 nitrogen and oxygen atoms in total. The van der Waals surface area contributed by atoms with Gasteiger partial charge in [0.05, 0.1) is 7.11 Å². The third kappa shape index (κ3) is 3.32. The molecule has 1 saturated carbocycles. The molecule has 2 aliphatic rings. The van der Waals surface area contributed by atoms with Gasteiger partial charge in [-0.25, -0.2) is 4.79 Å². The normalized spacial score (nSPS) is 23.0. The first-order valence-electron chi connectivity index (χ1n) is 8.40. The molecule has 24 heavy (non-hydrogen) atoms. The lowest BCUT2D eigenvalue weighted by Crippen LogP contribution is -2.53. The van der Waals surface area contributed by atoms with Gasteiger partial charge in [0.1, 0.15) is 5.75 Å². The van der Waals surface area contributed by atoms with E-state index >= 15 is 0 Å². The molecule has 6 heteroatoms. The molecule has 1 aliphatic carbocycles. The Bertz CT molecular complexity index is 606. The van der Waals surface area contributed by atoms with Gasteiger partial charge in [0, 0.05) is 46.2 Å². The highest BCUT2D eigenvalue weighted by Crippen LogP contribution is 2.48. The van der Waals surface area contributed by atoms with Crippen LogP contribution in [0.4, 0.5) is 4.79 Å². The molecule has 0 radical (unpaired) electrons. The van der Waals surface area contributed by atoms with Crippen molar-refractivity contribution in [3.63, 3.8) is 0 Å². The van der Waals surface area contributed by atoms with Gasteiger partial charge in [-0.15, -0.1) is 0 Å². The zero-order valence-electron chi connectivity index (χ0n) is 14.6. The average molecular weight is 331 g/mol. The molecular formula is C18H25N3O3. The molecule has 0 aromatic heterocycles. The number of carbonyl (C=O) groups excluding carboxylic acids is 2. The highest BCUT2D eigenvalue weighted by atomic mass is 16.5. The molecule has 0 bridgehead atoms. The van der Waals surface area contributed by atoms with Crippen LogP contribution in [0.2, 0.25) is 0 Å². The minimum atomic E-state index is 0.0182. The number of nitrogens with zero attached hydrogens (tertiary/aromatic N) is 3. The minimum Gasteiger partial charge on any atom is -0.497 e. The van der Waals surface area contributed by atoms with E-state index in [1.54, 1.807) is 31.0 Å². The van der Waals surface area contributed by atoms with Crippen molar-refractivity contribution in [2.24, 2.45) is 5.92 Å². The van der Waals surface area contributed by atoms with E-state index in [-0.39, 0.29) is 17.9 Å². The van der Waals surface area contributed by atoms with Crippen molar-refractivity contribution in [2.45, 2.75) is 12.3 Å². The maximum atomic E-state index is 12.7. The van der Waals surface area contributed by atoms with E-state index in [4.69, 9.17) is 4.74 Å². The van der Waals surface area contributed by atoms with Gasteiger partial charge in [-0.1, -0.05) is 12.1 Å². The summed E-state index contributed by atoms with van der Waals surface area (Å²) in [5.41, 5.74) is 1.20. The number of hydrogen-bond donors (Lipinski definition) is 0.